The molecule has 1 atom stereocenters. The van der Waals surface area contributed by atoms with Crippen molar-refractivity contribution in [2.24, 2.45) is 0 Å². The number of ketones is 1. The molecule has 4 heteroatoms. The number of quaternary nitrogens is 1. The van der Waals surface area contributed by atoms with Crippen LogP contribution in [0.15, 0.2) is 84.9 Å². The van der Waals surface area contributed by atoms with Gasteiger partial charge in [0.1, 0.15) is 6.54 Å². The molecular formula is C23H23N2O2+. The van der Waals surface area contributed by atoms with Crippen molar-refractivity contribution in [2.45, 2.75) is 6.54 Å². The molecule has 1 amide bonds. The molecule has 0 bridgehead atoms. The molecule has 136 valence electrons. The minimum Gasteiger partial charge on any atom is -0.326 e. The van der Waals surface area contributed by atoms with Gasteiger partial charge in [0.15, 0.2) is 12.3 Å². The molecule has 3 aromatic carbocycles. The van der Waals surface area contributed by atoms with Gasteiger partial charge in [-0.2, -0.15) is 0 Å². The van der Waals surface area contributed by atoms with Crippen LogP contribution in [0.2, 0.25) is 0 Å². The van der Waals surface area contributed by atoms with Gasteiger partial charge in [0.05, 0.1) is 12.7 Å². The van der Waals surface area contributed by atoms with Gasteiger partial charge >= 0.3 is 0 Å². The third kappa shape index (κ3) is 5.12. The molecule has 0 radical (unpaired) electrons. The van der Waals surface area contributed by atoms with E-state index in [2.05, 4.69) is 17.4 Å². The van der Waals surface area contributed by atoms with E-state index in [-0.39, 0.29) is 11.7 Å². The Balaban J connectivity index is 1.67. The predicted molar refractivity (Wildman–Crippen MR) is 107 cm³/mol. The Morgan fingerprint density at radius 1 is 0.815 bits per heavy atom. The highest BCUT2D eigenvalue weighted by molar-refractivity contribution is 6.13. The summed E-state index contributed by atoms with van der Waals surface area (Å²) in [6, 6.07) is 26.3. The van der Waals surface area contributed by atoms with Crippen molar-refractivity contribution in [3.63, 3.8) is 0 Å². The van der Waals surface area contributed by atoms with E-state index in [1.54, 1.807) is 30.3 Å². The molecule has 0 aliphatic rings. The maximum Gasteiger partial charge on any atom is 0.279 e. The largest absolute Gasteiger partial charge is 0.326 e. The van der Waals surface area contributed by atoms with Crippen molar-refractivity contribution < 1.29 is 14.5 Å². The van der Waals surface area contributed by atoms with Crippen LogP contribution in [0.3, 0.4) is 0 Å². The van der Waals surface area contributed by atoms with Gasteiger partial charge in [-0.05, 0) is 12.1 Å². The lowest BCUT2D eigenvalue weighted by molar-refractivity contribution is -0.885. The van der Waals surface area contributed by atoms with E-state index in [1.807, 2.05) is 49.5 Å². The van der Waals surface area contributed by atoms with Gasteiger partial charge < -0.3 is 10.2 Å². The number of hydrogen-bond donors (Lipinski definition) is 2. The van der Waals surface area contributed by atoms with Gasteiger partial charge in [-0.1, -0.05) is 72.8 Å². The fraction of sp³-hybridized carbons (Fsp3) is 0.130. The molecule has 0 heterocycles. The van der Waals surface area contributed by atoms with E-state index < -0.39 is 0 Å². The second-order valence-corrected chi connectivity index (χ2v) is 6.59. The zero-order valence-electron chi connectivity index (χ0n) is 15.3. The summed E-state index contributed by atoms with van der Waals surface area (Å²) < 4.78 is 0. The van der Waals surface area contributed by atoms with Crippen LogP contribution in [0.4, 0.5) is 5.69 Å². The molecule has 3 aromatic rings. The first kappa shape index (κ1) is 18.5. The van der Waals surface area contributed by atoms with E-state index in [9.17, 15) is 9.59 Å². The SMILES string of the molecule is C[NH+](CC(=O)Nc1ccccc1C(=O)c1ccccc1)Cc1ccccc1. The number of carbonyl (C=O) groups excluding carboxylic acids is 2. The number of rotatable bonds is 7. The molecule has 4 nitrogen and oxygen atoms in total. The Hall–Kier alpha value is -3.24. The number of carbonyl (C=O) groups is 2. The van der Waals surface area contributed by atoms with Crippen LogP contribution in [-0.2, 0) is 11.3 Å². The summed E-state index contributed by atoms with van der Waals surface area (Å²) in [6.07, 6.45) is 0. The Morgan fingerprint density at radius 2 is 1.41 bits per heavy atom. The second kappa shape index (κ2) is 8.92. The van der Waals surface area contributed by atoms with E-state index >= 15 is 0 Å². The number of amides is 1. The fourth-order valence-corrected chi connectivity index (χ4v) is 3.01. The van der Waals surface area contributed by atoms with Crippen molar-refractivity contribution in [1.82, 2.24) is 0 Å². The minimum atomic E-state index is -0.114. The van der Waals surface area contributed by atoms with Crippen LogP contribution in [0.25, 0.3) is 0 Å². The van der Waals surface area contributed by atoms with E-state index in [0.29, 0.717) is 23.4 Å². The molecule has 27 heavy (non-hydrogen) atoms. The first-order valence-corrected chi connectivity index (χ1v) is 8.97. The van der Waals surface area contributed by atoms with Gasteiger partial charge in [-0.3, -0.25) is 9.59 Å². The monoisotopic (exact) mass is 359 g/mol. The van der Waals surface area contributed by atoms with Crippen LogP contribution in [0.5, 0.6) is 0 Å². The smallest absolute Gasteiger partial charge is 0.279 e. The third-order valence-corrected chi connectivity index (χ3v) is 4.29. The van der Waals surface area contributed by atoms with E-state index in [0.717, 1.165) is 11.4 Å². The molecule has 0 aliphatic heterocycles. The molecule has 0 aromatic heterocycles. The van der Waals surface area contributed by atoms with Crippen LogP contribution in [0, 0.1) is 0 Å². The summed E-state index contributed by atoms with van der Waals surface area (Å²) >= 11 is 0. The molecule has 0 aliphatic carbocycles. The maximum absolute atomic E-state index is 12.8. The topological polar surface area (TPSA) is 50.6 Å². The maximum atomic E-state index is 12.8. The van der Waals surface area contributed by atoms with Crippen LogP contribution in [-0.4, -0.2) is 25.3 Å². The number of anilines is 1. The Labute approximate surface area is 159 Å². The number of nitrogens with one attached hydrogen (secondary N) is 2. The summed E-state index contributed by atoms with van der Waals surface area (Å²) in [6.45, 7) is 1.08. The lowest BCUT2D eigenvalue weighted by atomic mass is 10.0. The molecule has 0 saturated carbocycles. The average molecular weight is 359 g/mol. The van der Waals surface area contributed by atoms with Crippen molar-refractivity contribution >= 4 is 17.4 Å². The highest BCUT2D eigenvalue weighted by Crippen LogP contribution is 2.19. The molecule has 0 fully saturated rings. The minimum absolute atomic E-state index is 0.100. The average Bonchev–Trinajstić information content (AvgIpc) is 2.69. The Bertz CT molecular complexity index is 908. The van der Waals surface area contributed by atoms with Crippen LogP contribution < -0.4 is 10.2 Å². The number of para-hydroxylation sites is 1. The van der Waals surface area contributed by atoms with E-state index in [4.69, 9.17) is 0 Å². The van der Waals surface area contributed by atoms with Gasteiger partial charge in [0, 0.05) is 16.7 Å². The second-order valence-electron chi connectivity index (χ2n) is 6.59. The van der Waals surface area contributed by atoms with Crippen LogP contribution >= 0.6 is 0 Å². The summed E-state index contributed by atoms with van der Waals surface area (Å²) in [5.41, 5.74) is 2.83. The lowest BCUT2D eigenvalue weighted by Gasteiger charge is -2.15. The first-order valence-electron chi connectivity index (χ1n) is 8.97. The quantitative estimate of drug-likeness (QED) is 0.637. The van der Waals surface area contributed by atoms with Gasteiger partial charge in [0.2, 0.25) is 0 Å². The fourth-order valence-electron chi connectivity index (χ4n) is 3.01. The summed E-state index contributed by atoms with van der Waals surface area (Å²) in [5, 5.41) is 2.90. The standard InChI is InChI=1S/C23H22N2O2/c1-25(16-18-10-4-2-5-11-18)17-22(26)24-21-15-9-8-14-20(21)23(27)19-12-6-3-7-13-19/h2-15H,16-17H2,1H3,(H,24,26)/p+1. The molecule has 2 N–H and O–H groups in total. The summed E-state index contributed by atoms with van der Waals surface area (Å²) in [7, 11) is 1.98. The van der Waals surface area contributed by atoms with Gasteiger partial charge in [-0.25, -0.2) is 0 Å². The number of hydrogen-bond acceptors (Lipinski definition) is 2. The molecular weight excluding hydrogens is 336 g/mol. The van der Waals surface area contributed by atoms with Crippen molar-refractivity contribution in [1.29, 1.82) is 0 Å². The number of likely N-dealkylation sites (N-methyl/N-ethyl adjacent to an activating group) is 1. The zero-order valence-corrected chi connectivity index (χ0v) is 15.3. The highest BCUT2D eigenvalue weighted by atomic mass is 16.2. The van der Waals surface area contributed by atoms with Crippen molar-refractivity contribution in [3.8, 4) is 0 Å². The molecule has 0 saturated heterocycles. The predicted octanol–water partition coefficient (Wildman–Crippen LogP) is 2.57. The zero-order chi connectivity index (χ0) is 19.1. The summed E-state index contributed by atoms with van der Waals surface area (Å²) in [4.78, 5) is 26.3. The Kier molecular flexibility index (Phi) is 6.13. The third-order valence-electron chi connectivity index (χ3n) is 4.29. The first-order chi connectivity index (χ1) is 13.1. The van der Waals surface area contributed by atoms with Crippen molar-refractivity contribution in [2.75, 3.05) is 18.9 Å². The van der Waals surface area contributed by atoms with Gasteiger partial charge in [0.25, 0.3) is 5.91 Å². The molecule has 0 spiro atoms. The Morgan fingerprint density at radius 3 is 2.11 bits per heavy atom. The normalized spacial score (nSPS) is 11.6. The van der Waals surface area contributed by atoms with Gasteiger partial charge in [-0.15, -0.1) is 0 Å². The molecule has 3 rings (SSSR count). The molecule has 1 unspecified atom stereocenters. The van der Waals surface area contributed by atoms with Crippen molar-refractivity contribution in [3.05, 3.63) is 102 Å². The van der Waals surface area contributed by atoms with Crippen LogP contribution in [0.1, 0.15) is 21.5 Å². The van der Waals surface area contributed by atoms with E-state index in [1.165, 1.54) is 5.56 Å². The lowest BCUT2D eigenvalue weighted by Crippen LogP contribution is -3.08. The highest BCUT2D eigenvalue weighted by Gasteiger charge is 2.16. The number of benzene rings is 3. The summed E-state index contributed by atoms with van der Waals surface area (Å²) in [5.74, 6) is -0.215.